The number of nitrogens with two attached hydrogens (primary N) is 1. The maximum Gasteiger partial charge on any atom is 0.273 e. The minimum absolute atomic E-state index is 0.0653. The Bertz CT molecular complexity index is 1200. The lowest BCUT2D eigenvalue weighted by Crippen LogP contribution is -2.26. The molecule has 0 fully saturated rings. The first-order chi connectivity index (χ1) is 16.4. The van der Waals surface area contributed by atoms with E-state index in [0.29, 0.717) is 11.4 Å². The number of anilines is 4. The van der Waals surface area contributed by atoms with Crippen LogP contribution in [0.25, 0.3) is 0 Å². The second-order valence-electron chi connectivity index (χ2n) is 8.22. The number of hydrogen-bond acceptors (Lipinski definition) is 9. The van der Waals surface area contributed by atoms with Crippen LogP contribution in [-0.4, -0.2) is 53.8 Å². The number of amides is 1. The fourth-order valence-corrected chi connectivity index (χ4v) is 3.97. The van der Waals surface area contributed by atoms with Gasteiger partial charge in [0.2, 0.25) is 5.95 Å². The molecule has 0 radical (unpaired) electrons. The Morgan fingerprint density at radius 3 is 2.65 bits per heavy atom. The van der Waals surface area contributed by atoms with E-state index in [-0.39, 0.29) is 23.6 Å². The average molecular weight is 464 g/mol. The first-order valence-electron chi connectivity index (χ1n) is 11.0. The summed E-state index contributed by atoms with van der Waals surface area (Å²) in [6.07, 6.45) is 0.785. The zero-order valence-corrected chi connectivity index (χ0v) is 19.8. The zero-order valence-electron chi connectivity index (χ0n) is 19.8. The minimum atomic E-state index is -0.735. The van der Waals surface area contributed by atoms with E-state index in [9.17, 15) is 4.79 Å². The van der Waals surface area contributed by atoms with E-state index in [1.165, 1.54) is 11.1 Å². The van der Waals surface area contributed by atoms with Gasteiger partial charge in [-0.2, -0.15) is 4.98 Å². The van der Waals surface area contributed by atoms with Gasteiger partial charge in [0.05, 0.1) is 18.9 Å². The number of ether oxygens (including phenoxy) is 2. The fourth-order valence-electron chi connectivity index (χ4n) is 3.97. The van der Waals surface area contributed by atoms with Gasteiger partial charge in [-0.3, -0.25) is 4.79 Å². The number of benzene rings is 2. The third-order valence-electron chi connectivity index (χ3n) is 5.90. The molecule has 10 nitrogen and oxygen atoms in total. The highest BCUT2D eigenvalue weighted by Crippen LogP contribution is 2.33. The third-order valence-corrected chi connectivity index (χ3v) is 5.90. The molecule has 2 aromatic carbocycles. The van der Waals surface area contributed by atoms with E-state index in [4.69, 9.17) is 15.2 Å². The normalized spacial score (nSPS) is 14.2. The molecule has 1 atom stereocenters. The number of nitrogens with zero attached hydrogens (tertiary/aromatic N) is 4. The highest BCUT2D eigenvalue weighted by molar-refractivity contribution is 5.96. The van der Waals surface area contributed by atoms with Crippen LogP contribution in [0.1, 0.15) is 40.2 Å². The lowest BCUT2D eigenvalue weighted by Gasteiger charge is -2.26. The Hall–Kier alpha value is -3.76. The summed E-state index contributed by atoms with van der Waals surface area (Å²) in [5.74, 6) is 0.338. The molecule has 1 aliphatic rings. The van der Waals surface area contributed by atoms with E-state index in [0.717, 1.165) is 30.8 Å². The summed E-state index contributed by atoms with van der Waals surface area (Å²) < 4.78 is 11.1. The van der Waals surface area contributed by atoms with Gasteiger partial charge in [0, 0.05) is 31.5 Å². The van der Waals surface area contributed by atoms with Gasteiger partial charge in [0.1, 0.15) is 5.75 Å². The van der Waals surface area contributed by atoms with E-state index < -0.39 is 5.91 Å². The minimum Gasteiger partial charge on any atom is -0.495 e. The lowest BCUT2D eigenvalue weighted by molar-refractivity contribution is 0.0995. The summed E-state index contributed by atoms with van der Waals surface area (Å²) in [4.78, 5) is 18.8. The van der Waals surface area contributed by atoms with Crippen LogP contribution in [0.3, 0.4) is 0 Å². The summed E-state index contributed by atoms with van der Waals surface area (Å²) in [5.41, 5.74) is 10.3. The number of para-hydroxylation sites is 1. The number of methoxy groups -OCH3 is 2. The molecule has 34 heavy (non-hydrogen) atoms. The molecule has 4 N–H and O–H groups in total. The molecular formula is C24H29N7O3. The van der Waals surface area contributed by atoms with Gasteiger partial charge < -0.3 is 30.7 Å². The van der Waals surface area contributed by atoms with E-state index in [2.05, 4.69) is 37.8 Å². The van der Waals surface area contributed by atoms with Crippen molar-refractivity contribution in [3.8, 4) is 5.75 Å². The van der Waals surface area contributed by atoms with Crippen molar-refractivity contribution in [3.63, 3.8) is 0 Å². The SMILES string of the molecule is COc1cc2c(cc1Nc1nnc(C(N)=O)c(Nc3ccccc3[C@H](C)OC)n1)CN(C)CC2. The Kier molecular flexibility index (Phi) is 6.90. The summed E-state index contributed by atoms with van der Waals surface area (Å²) in [6, 6.07) is 11.7. The van der Waals surface area contributed by atoms with Crippen LogP contribution < -0.4 is 21.1 Å². The number of primary amides is 1. The molecule has 4 rings (SSSR count). The van der Waals surface area contributed by atoms with Crippen LogP contribution in [0.5, 0.6) is 5.75 Å². The number of carbonyl (C=O) groups excluding carboxylic acids is 1. The molecule has 10 heteroatoms. The molecule has 0 spiro atoms. The second kappa shape index (κ2) is 10.0. The molecule has 1 aliphatic heterocycles. The maximum atomic E-state index is 12.0. The smallest absolute Gasteiger partial charge is 0.273 e. The van der Waals surface area contributed by atoms with Crippen molar-refractivity contribution < 1.29 is 14.3 Å². The monoisotopic (exact) mass is 463 g/mol. The molecule has 0 saturated carbocycles. The molecule has 1 amide bonds. The van der Waals surface area contributed by atoms with Crippen molar-refractivity contribution in [2.45, 2.75) is 26.0 Å². The largest absolute Gasteiger partial charge is 0.495 e. The molecular weight excluding hydrogens is 434 g/mol. The van der Waals surface area contributed by atoms with Crippen LogP contribution in [-0.2, 0) is 17.7 Å². The quantitative estimate of drug-likeness (QED) is 0.461. The predicted octanol–water partition coefficient (Wildman–Crippen LogP) is 3.16. The van der Waals surface area contributed by atoms with Crippen molar-refractivity contribution >= 4 is 29.0 Å². The van der Waals surface area contributed by atoms with Gasteiger partial charge in [-0.1, -0.05) is 18.2 Å². The number of fused-ring (bicyclic) bond motifs is 1. The van der Waals surface area contributed by atoms with Crippen LogP contribution >= 0.6 is 0 Å². The van der Waals surface area contributed by atoms with Gasteiger partial charge in [-0.15, -0.1) is 10.2 Å². The van der Waals surface area contributed by atoms with E-state index in [1.54, 1.807) is 14.2 Å². The lowest BCUT2D eigenvalue weighted by atomic mass is 9.99. The Balaban J connectivity index is 1.69. The molecule has 0 bridgehead atoms. The first kappa shape index (κ1) is 23.4. The van der Waals surface area contributed by atoms with E-state index >= 15 is 0 Å². The molecule has 2 heterocycles. The van der Waals surface area contributed by atoms with Gasteiger partial charge in [0.15, 0.2) is 11.5 Å². The second-order valence-corrected chi connectivity index (χ2v) is 8.22. The van der Waals surface area contributed by atoms with Crippen LogP contribution in [0.15, 0.2) is 36.4 Å². The summed E-state index contributed by atoms with van der Waals surface area (Å²) in [5, 5.41) is 14.5. The van der Waals surface area contributed by atoms with Gasteiger partial charge in [0.25, 0.3) is 5.91 Å². The Morgan fingerprint density at radius 2 is 1.91 bits per heavy atom. The number of hydrogen-bond donors (Lipinski definition) is 3. The van der Waals surface area contributed by atoms with Crippen LogP contribution in [0.2, 0.25) is 0 Å². The molecule has 178 valence electrons. The predicted molar refractivity (Wildman–Crippen MR) is 130 cm³/mol. The van der Waals surface area contributed by atoms with Gasteiger partial charge in [-0.25, -0.2) is 0 Å². The average Bonchev–Trinajstić information content (AvgIpc) is 2.83. The van der Waals surface area contributed by atoms with Crippen LogP contribution in [0, 0.1) is 0 Å². The van der Waals surface area contributed by atoms with Crippen molar-refractivity contribution in [2.24, 2.45) is 5.73 Å². The number of likely N-dealkylation sites (N-methyl/N-ethyl adjacent to an activating group) is 1. The Labute approximate surface area is 198 Å². The van der Waals surface area contributed by atoms with Crippen molar-refractivity contribution in [2.75, 3.05) is 38.4 Å². The topological polar surface area (TPSA) is 128 Å². The van der Waals surface area contributed by atoms with Crippen molar-refractivity contribution in [1.82, 2.24) is 20.1 Å². The van der Waals surface area contributed by atoms with Crippen molar-refractivity contribution in [3.05, 3.63) is 58.8 Å². The molecule has 1 aromatic heterocycles. The summed E-state index contributed by atoms with van der Waals surface area (Å²) in [6.45, 7) is 3.78. The van der Waals surface area contributed by atoms with Gasteiger partial charge in [-0.05, 0) is 49.7 Å². The zero-order chi connectivity index (χ0) is 24.2. The highest BCUT2D eigenvalue weighted by atomic mass is 16.5. The van der Waals surface area contributed by atoms with Gasteiger partial charge >= 0.3 is 0 Å². The molecule has 3 aromatic rings. The number of rotatable bonds is 8. The summed E-state index contributed by atoms with van der Waals surface area (Å²) >= 11 is 0. The van der Waals surface area contributed by atoms with Crippen molar-refractivity contribution in [1.29, 1.82) is 0 Å². The third kappa shape index (κ3) is 4.92. The van der Waals surface area contributed by atoms with Crippen LogP contribution in [0.4, 0.5) is 23.1 Å². The molecule has 0 saturated heterocycles. The number of carbonyl (C=O) groups is 1. The standard InChI is InChI=1S/C24H29N7O3/c1-14(33-3)17-7-5-6-8-18(17)26-23-21(22(25)32)29-30-24(28-23)27-19-11-16-13-31(2)10-9-15(16)12-20(19)34-4/h5-8,11-12,14H,9-10,13H2,1-4H3,(H2,25,32)(H2,26,27,28,30)/t14-/m0/s1. The van der Waals surface area contributed by atoms with E-state index in [1.807, 2.05) is 43.3 Å². The molecule has 0 aliphatic carbocycles. The Morgan fingerprint density at radius 1 is 1.12 bits per heavy atom. The maximum absolute atomic E-state index is 12.0. The highest BCUT2D eigenvalue weighted by Gasteiger charge is 2.20. The first-order valence-corrected chi connectivity index (χ1v) is 11.0. The number of nitrogens with one attached hydrogen (secondary N) is 2. The number of aromatic nitrogens is 3. The fraction of sp³-hybridized carbons (Fsp3) is 0.333. The summed E-state index contributed by atoms with van der Waals surface area (Å²) in [7, 11) is 5.35. The molecule has 0 unspecified atom stereocenters.